The van der Waals surface area contributed by atoms with E-state index in [1.165, 1.54) is 0 Å². The maximum atomic E-state index is 5.68. The number of nitrogens with zero attached hydrogens (tertiary/aromatic N) is 3. The van der Waals surface area contributed by atoms with E-state index >= 15 is 0 Å². The monoisotopic (exact) mass is 356 g/mol. The molecule has 2 rings (SSSR count). The molecule has 2 aromatic rings. The summed E-state index contributed by atoms with van der Waals surface area (Å²) >= 11 is 6.84. The fourth-order valence-corrected chi connectivity index (χ4v) is 2.70. The zero-order valence-corrected chi connectivity index (χ0v) is 12.2. The lowest BCUT2D eigenvalue weighted by Gasteiger charge is -1.98. The van der Waals surface area contributed by atoms with Gasteiger partial charge in [0.05, 0.1) is 18.1 Å². The van der Waals surface area contributed by atoms with E-state index in [-0.39, 0.29) is 0 Å². The van der Waals surface area contributed by atoms with Gasteiger partial charge in [-0.15, -0.1) is 0 Å². The van der Waals surface area contributed by atoms with Gasteiger partial charge in [0.15, 0.2) is 0 Å². The summed E-state index contributed by atoms with van der Waals surface area (Å²) < 4.78 is 3.52. The Kier molecular flexibility index (Phi) is 3.63. The van der Waals surface area contributed by atoms with E-state index in [2.05, 4.69) is 41.9 Å². The molecule has 0 bridgehead atoms. The zero-order chi connectivity index (χ0) is 12.4. The average Bonchev–Trinajstić information content (AvgIpc) is 2.53. The summed E-state index contributed by atoms with van der Waals surface area (Å²) in [6.45, 7) is 1.87. The molecule has 6 heteroatoms. The molecule has 88 valence electrons. The Balaban J connectivity index is 2.28. The summed E-state index contributed by atoms with van der Waals surface area (Å²) in [5, 5.41) is 4.24. The van der Waals surface area contributed by atoms with Gasteiger partial charge >= 0.3 is 0 Å². The first-order chi connectivity index (χ1) is 8.04. The molecule has 2 N–H and O–H groups in total. The molecule has 0 aliphatic heterocycles. The smallest absolute Gasteiger partial charge is 0.221 e. The van der Waals surface area contributed by atoms with Crippen LogP contribution in [-0.4, -0.2) is 15.9 Å². The minimum atomic E-state index is 0.382. The molecule has 0 aliphatic rings. The summed E-state index contributed by atoms with van der Waals surface area (Å²) in [6.07, 6.45) is 3.51. The van der Waals surface area contributed by atoms with Crippen molar-refractivity contribution in [1.82, 2.24) is 9.66 Å². The summed E-state index contributed by atoms with van der Waals surface area (Å²) in [4.78, 5) is 4.07. The van der Waals surface area contributed by atoms with Crippen LogP contribution in [0.2, 0.25) is 0 Å². The van der Waals surface area contributed by atoms with Crippen molar-refractivity contribution in [1.29, 1.82) is 0 Å². The first kappa shape index (κ1) is 12.3. The first-order valence-electron chi connectivity index (χ1n) is 4.86. The normalized spacial score (nSPS) is 11.2. The van der Waals surface area contributed by atoms with Crippen LogP contribution in [0, 0.1) is 6.92 Å². The van der Waals surface area contributed by atoms with E-state index in [0.29, 0.717) is 5.95 Å². The lowest BCUT2D eigenvalue weighted by atomic mass is 10.2. The van der Waals surface area contributed by atoms with E-state index in [4.69, 9.17) is 5.73 Å². The van der Waals surface area contributed by atoms with Crippen LogP contribution in [-0.2, 0) is 0 Å². The third kappa shape index (κ3) is 3.17. The number of aryl methyl sites for hydroxylation is 1. The molecular formula is C11H10Br2N4. The highest BCUT2D eigenvalue weighted by Crippen LogP contribution is 2.19. The summed E-state index contributed by atoms with van der Waals surface area (Å²) in [6, 6.07) is 5.90. The summed E-state index contributed by atoms with van der Waals surface area (Å²) in [5.74, 6) is 0.382. The predicted octanol–water partition coefficient (Wildman–Crippen LogP) is 3.18. The van der Waals surface area contributed by atoms with Gasteiger partial charge in [-0.2, -0.15) is 5.10 Å². The second-order valence-corrected chi connectivity index (χ2v) is 5.36. The van der Waals surface area contributed by atoms with Gasteiger partial charge in [-0.05, 0) is 30.7 Å². The highest BCUT2D eigenvalue weighted by atomic mass is 79.9. The van der Waals surface area contributed by atoms with Crippen LogP contribution in [0.25, 0.3) is 0 Å². The maximum Gasteiger partial charge on any atom is 0.221 e. The van der Waals surface area contributed by atoms with Gasteiger partial charge < -0.3 is 5.73 Å². The average molecular weight is 358 g/mol. The minimum Gasteiger partial charge on any atom is -0.368 e. The van der Waals surface area contributed by atoms with Crippen molar-refractivity contribution in [2.24, 2.45) is 5.10 Å². The molecule has 0 atom stereocenters. The number of nitrogen functional groups attached to an aromatic ring is 1. The molecule has 4 nitrogen and oxygen atoms in total. The number of nitrogens with two attached hydrogens (primary N) is 1. The third-order valence-corrected chi connectivity index (χ3v) is 2.97. The quantitative estimate of drug-likeness (QED) is 0.839. The Morgan fingerprint density at radius 2 is 1.94 bits per heavy atom. The van der Waals surface area contributed by atoms with Gasteiger partial charge in [-0.1, -0.05) is 31.9 Å². The van der Waals surface area contributed by atoms with Crippen LogP contribution in [0.15, 0.2) is 38.4 Å². The predicted molar refractivity (Wildman–Crippen MR) is 76.2 cm³/mol. The van der Waals surface area contributed by atoms with Gasteiger partial charge in [0.1, 0.15) is 0 Å². The van der Waals surface area contributed by atoms with Crippen LogP contribution in [0.5, 0.6) is 0 Å². The molecule has 1 heterocycles. The maximum absolute atomic E-state index is 5.68. The van der Waals surface area contributed by atoms with E-state index in [9.17, 15) is 0 Å². The largest absolute Gasteiger partial charge is 0.368 e. The standard InChI is InChI=1S/C11H10Br2N4/c1-7-6-17(11(14)16-7)15-5-8-2-9(12)4-10(13)3-8/h2-6H,1H3,(H2,14,16). The van der Waals surface area contributed by atoms with Crippen LogP contribution in [0.3, 0.4) is 0 Å². The number of hydrogen-bond acceptors (Lipinski definition) is 3. The second kappa shape index (κ2) is 5.01. The Morgan fingerprint density at radius 1 is 1.29 bits per heavy atom. The molecule has 0 unspecified atom stereocenters. The second-order valence-electron chi connectivity index (χ2n) is 3.53. The molecule has 0 aliphatic carbocycles. The Bertz CT molecular complexity index is 555. The van der Waals surface area contributed by atoms with Crippen molar-refractivity contribution in [3.05, 3.63) is 44.6 Å². The topological polar surface area (TPSA) is 56.2 Å². The molecule has 0 spiro atoms. The van der Waals surface area contributed by atoms with Gasteiger partial charge in [0.2, 0.25) is 5.95 Å². The molecular weight excluding hydrogens is 348 g/mol. The number of rotatable bonds is 2. The van der Waals surface area contributed by atoms with Crippen LogP contribution in [0.1, 0.15) is 11.3 Å². The van der Waals surface area contributed by atoms with Crippen LogP contribution in [0.4, 0.5) is 5.95 Å². The molecule has 0 amide bonds. The number of anilines is 1. The van der Waals surface area contributed by atoms with Crippen molar-refractivity contribution < 1.29 is 0 Å². The number of benzene rings is 1. The SMILES string of the molecule is Cc1cn(N=Cc2cc(Br)cc(Br)c2)c(N)n1. The van der Waals surface area contributed by atoms with Crippen molar-refractivity contribution in [3.63, 3.8) is 0 Å². The van der Waals surface area contributed by atoms with Gasteiger partial charge in [0, 0.05) is 8.95 Å². The van der Waals surface area contributed by atoms with Crippen molar-refractivity contribution in [2.45, 2.75) is 6.92 Å². The fraction of sp³-hybridized carbons (Fsp3) is 0.0909. The third-order valence-electron chi connectivity index (χ3n) is 2.05. The van der Waals surface area contributed by atoms with Crippen LogP contribution >= 0.6 is 31.9 Å². The Hall–Kier alpha value is -1.14. The van der Waals surface area contributed by atoms with E-state index in [1.54, 1.807) is 17.1 Å². The number of imidazole rings is 1. The van der Waals surface area contributed by atoms with Crippen molar-refractivity contribution >= 4 is 44.0 Å². The van der Waals surface area contributed by atoms with E-state index in [1.807, 2.05) is 25.1 Å². The molecule has 0 fully saturated rings. The number of halogens is 2. The zero-order valence-electron chi connectivity index (χ0n) is 9.06. The Morgan fingerprint density at radius 3 is 2.47 bits per heavy atom. The van der Waals surface area contributed by atoms with E-state index in [0.717, 1.165) is 20.2 Å². The molecule has 0 saturated heterocycles. The molecule has 1 aromatic carbocycles. The highest BCUT2D eigenvalue weighted by molar-refractivity contribution is 9.11. The lowest BCUT2D eigenvalue weighted by Crippen LogP contribution is -1.96. The van der Waals surface area contributed by atoms with E-state index < -0.39 is 0 Å². The van der Waals surface area contributed by atoms with Gasteiger partial charge in [0.25, 0.3) is 0 Å². The molecule has 0 saturated carbocycles. The summed E-state index contributed by atoms with van der Waals surface area (Å²) in [7, 11) is 0. The first-order valence-corrected chi connectivity index (χ1v) is 6.45. The van der Waals surface area contributed by atoms with Gasteiger partial charge in [-0.25, -0.2) is 9.66 Å². The minimum absolute atomic E-state index is 0.382. The number of hydrogen-bond donors (Lipinski definition) is 1. The molecule has 0 radical (unpaired) electrons. The van der Waals surface area contributed by atoms with Gasteiger partial charge in [-0.3, -0.25) is 0 Å². The molecule has 1 aromatic heterocycles. The van der Waals surface area contributed by atoms with Crippen molar-refractivity contribution in [3.8, 4) is 0 Å². The summed E-state index contributed by atoms with van der Waals surface area (Å²) in [5.41, 5.74) is 7.50. The highest BCUT2D eigenvalue weighted by Gasteiger charge is 1.99. The lowest BCUT2D eigenvalue weighted by molar-refractivity contribution is 0.897. The molecule has 17 heavy (non-hydrogen) atoms. The fourth-order valence-electron chi connectivity index (χ4n) is 1.37. The van der Waals surface area contributed by atoms with Crippen LogP contribution < -0.4 is 5.73 Å². The Labute approximate surface area is 116 Å². The van der Waals surface area contributed by atoms with Crippen molar-refractivity contribution in [2.75, 3.05) is 5.73 Å². The number of aromatic nitrogens is 2.